The van der Waals surface area contributed by atoms with Crippen molar-refractivity contribution in [3.8, 4) is 0 Å². The van der Waals surface area contributed by atoms with Crippen LogP contribution in [0.2, 0.25) is 0 Å². The van der Waals surface area contributed by atoms with Crippen LogP contribution in [-0.2, 0) is 4.79 Å². The maximum absolute atomic E-state index is 11.7. The van der Waals surface area contributed by atoms with E-state index in [0.29, 0.717) is 5.75 Å². The van der Waals surface area contributed by atoms with Gasteiger partial charge < -0.3 is 5.11 Å². The summed E-state index contributed by atoms with van der Waals surface area (Å²) >= 11 is 3.09. The Hall–Kier alpha value is -0.590. The van der Waals surface area contributed by atoms with E-state index in [1.54, 1.807) is 17.5 Å². The van der Waals surface area contributed by atoms with Crippen LogP contribution < -0.4 is 5.32 Å². The minimum atomic E-state index is -0.801. The summed E-state index contributed by atoms with van der Waals surface area (Å²) in [4.78, 5) is 15.9. The number of carboxylic acid groups (broad SMARTS) is 1. The fraction of sp³-hybridized carbons (Fsp3) is 0.667. The zero-order chi connectivity index (χ0) is 13.2. The summed E-state index contributed by atoms with van der Waals surface area (Å²) in [7, 11) is 0. The van der Waals surface area contributed by atoms with Crippen LogP contribution in [-0.4, -0.2) is 33.4 Å². The molecule has 1 aromatic heterocycles. The maximum atomic E-state index is 11.7. The normalized spacial score (nSPS) is 18.8. The molecule has 0 spiro atoms. The molecule has 0 aliphatic heterocycles. The number of nitrogens with one attached hydrogen (secondary N) is 1. The molecule has 0 saturated heterocycles. The zero-order valence-corrected chi connectivity index (χ0v) is 12.2. The van der Waals surface area contributed by atoms with Gasteiger partial charge >= 0.3 is 5.97 Å². The van der Waals surface area contributed by atoms with Gasteiger partial charge in [0.1, 0.15) is 9.88 Å². The predicted octanol–water partition coefficient (Wildman–Crippen LogP) is 2.47. The summed E-state index contributed by atoms with van der Waals surface area (Å²) < 4.78 is 0.937. The van der Waals surface area contributed by atoms with Gasteiger partial charge in [-0.25, -0.2) is 4.98 Å². The Morgan fingerprint density at radius 2 is 2.44 bits per heavy atom. The van der Waals surface area contributed by atoms with Crippen molar-refractivity contribution >= 4 is 29.1 Å². The van der Waals surface area contributed by atoms with Gasteiger partial charge in [0.2, 0.25) is 0 Å². The molecule has 1 aliphatic rings. The molecule has 1 atom stereocenters. The van der Waals surface area contributed by atoms with Gasteiger partial charge in [0.25, 0.3) is 0 Å². The summed E-state index contributed by atoms with van der Waals surface area (Å²) in [5, 5.41) is 14.8. The average Bonchev–Trinajstić information content (AvgIpc) is 3.01. The zero-order valence-electron chi connectivity index (χ0n) is 10.5. The Balaban J connectivity index is 2.10. The number of nitrogens with zero attached hydrogens (tertiary/aromatic N) is 1. The number of carbonyl (C=O) groups is 1. The molecular formula is C12H18N2O2S2. The van der Waals surface area contributed by atoms with Gasteiger partial charge in [0.05, 0.1) is 0 Å². The number of aromatic nitrogens is 1. The molecule has 2 rings (SSSR count). The molecule has 0 bridgehead atoms. The Morgan fingerprint density at radius 1 is 1.72 bits per heavy atom. The number of hydrogen-bond donors (Lipinski definition) is 2. The van der Waals surface area contributed by atoms with E-state index in [4.69, 9.17) is 0 Å². The second-order valence-corrected chi connectivity index (χ2v) is 7.05. The van der Waals surface area contributed by atoms with Crippen LogP contribution in [0.4, 0.5) is 0 Å². The fourth-order valence-corrected chi connectivity index (χ4v) is 4.03. The standard InChI is InChI=1S/C12H18N2O2S2/c1-8(2)14-12(10(15)16,9-3-4-9)7-18-11-13-5-6-17-11/h5-6,8-9,14H,3-4,7H2,1-2H3,(H,15,16). The molecule has 100 valence electrons. The summed E-state index contributed by atoms with van der Waals surface area (Å²) in [5.74, 6) is 0.0613. The predicted molar refractivity (Wildman–Crippen MR) is 74.2 cm³/mol. The monoisotopic (exact) mass is 286 g/mol. The first kappa shape index (κ1) is 13.8. The highest BCUT2D eigenvalue weighted by Gasteiger charge is 2.51. The molecule has 18 heavy (non-hydrogen) atoms. The molecule has 0 radical (unpaired) electrons. The van der Waals surface area contributed by atoms with E-state index in [-0.39, 0.29) is 12.0 Å². The summed E-state index contributed by atoms with van der Waals surface area (Å²) in [6, 6.07) is 0.165. The molecule has 4 nitrogen and oxygen atoms in total. The smallest absolute Gasteiger partial charge is 0.325 e. The van der Waals surface area contributed by atoms with Gasteiger partial charge in [-0.15, -0.1) is 11.3 Å². The first-order chi connectivity index (χ1) is 8.54. The third-order valence-electron chi connectivity index (χ3n) is 3.04. The quantitative estimate of drug-likeness (QED) is 0.754. The first-order valence-electron chi connectivity index (χ1n) is 6.08. The van der Waals surface area contributed by atoms with Crippen LogP contribution in [0.25, 0.3) is 0 Å². The second-order valence-electron chi connectivity index (χ2n) is 4.94. The molecule has 1 heterocycles. The van der Waals surface area contributed by atoms with Crippen molar-refractivity contribution in [1.82, 2.24) is 10.3 Å². The van der Waals surface area contributed by atoms with E-state index >= 15 is 0 Å². The van der Waals surface area contributed by atoms with Crippen molar-refractivity contribution < 1.29 is 9.90 Å². The minimum absolute atomic E-state index is 0.165. The van der Waals surface area contributed by atoms with E-state index in [9.17, 15) is 9.90 Å². The number of thiazole rings is 1. The lowest BCUT2D eigenvalue weighted by atomic mass is 9.94. The lowest BCUT2D eigenvalue weighted by molar-refractivity contribution is -0.145. The second kappa shape index (κ2) is 5.59. The Kier molecular flexibility index (Phi) is 4.29. The summed E-state index contributed by atoms with van der Waals surface area (Å²) in [6.45, 7) is 3.99. The molecule has 0 aromatic carbocycles. The van der Waals surface area contributed by atoms with Crippen molar-refractivity contribution in [3.05, 3.63) is 11.6 Å². The maximum Gasteiger partial charge on any atom is 0.325 e. The number of carboxylic acids is 1. The van der Waals surface area contributed by atoms with Crippen LogP contribution in [0.15, 0.2) is 15.9 Å². The number of aliphatic carboxylic acids is 1. The molecular weight excluding hydrogens is 268 g/mol. The summed E-state index contributed by atoms with van der Waals surface area (Å²) in [6.07, 6.45) is 3.76. The average molecular weight is 286 g/mol. The molecule has 1 aromatic rings. The van der Waals surface area contributed by atoms with Gasteiger partial charge in [-0.1, -0.05) is 11.8 Å². The first-order valence-corrected chi connectivity index (χ1v) is 7.94. The molecule has 1 fully saturated rings. The minimum Gasteiger partial charge on any atom is -0.480 e. The van der Waals surface area contributed by atoms with Crippen molar-refractivity contribution in [2.45, 2.75) is 42.6 Å². The van der Waals surface area contributed by atoms with E-state index in [1.807, 2.05) is 19.2 Å². The van der Waals surface area contributed by atoms with Crippen LogP contribution in [0, 0.1) is 5.92 Å². The van der Waals surface area contributed by atoms with E-state index < -0.39 is 11.5 Å². The molecule has 6 heteroatoms. The van der Waals surface area contributed by atoms with Gasteiger partial charge in [-0.05, 0) is 32.6 Å². The highest BCUT2D eigenvalue weighted by atomic mass is 32.2. The highest BCUT2D eigenvalue weighted by molar-refractivity contribution is 8.01. The van der Waals surface area contributed by atoms with E-state index in [0.717, 1.165) is 17.2 Å². The van der Waals surface area contributed by atoms with E-state index in [1.165, 1.54) is 11.8 Å². The van der Waals surface area contributed by atoms with Crippen molar-refractivity contribution in [2.24, 2.45) is 5.92 Å². The lowest BCUT2D eigenvalue weighted by Gasteiger charge is -2.32. The van der Waals surface area contributed by atoms with Gasteiger partial charge in [0.15, 0.2) is 0 Å². The van der Waals surface area contributed by atoms with Gasteiger partial charge in [0, 0.05) is 23.4 Å². The summed E-state index contributed by atoms with van der Waals surface area (Å²) in [5.41, 5.74) is -0.801. The Bertz CT molecular complexity index is 404. The molecule has 1 saturated carbocycles. The number of rotatable bonds is 7. The number of thioether (sulfide) groups is 1. The molecule has 2 N–H and O–H groups in total. The highest BCUT2D eigenvalue weighted by Crippen LogP contribution is 2.43. The largest absolute Gasteiger partial charge is 0.480 e. The van der Waals surface area contributed by atoms with Crippen LogP contribution in [0.5, 0.6) is 0 Å². The topological polar surface area (TPSA) is 62.2 Å². The third-order valence-corrected chi connectivity index (χ3v) is 5.19. The lowest BCUT2D eigenvalue weighted by Crippen LogP contribution is -2.58. The fourth-order valence-electron chi connectivity index (χ4n) is 2.12. The van der Waals surface area contributed by atoms with Crippen LogP contribution >= 0.6 is 23.1 Å². The van der Waals surface area contributed by atoms with Crippen LogP contribution in [0.1, 0.15) is 26.7 Å². The molecule has 1 unspecified atom stereocenters. The van der Waals surface area contributed by atoms with Gasteiger partial charge in [-0.3, -0.25) is 10.1 Å². The van der Waals surface area contributed by atoms with Crippen molar-refractivity contribution in [2.75, 3.05) is 5.75 Å². The Morgan fingerprint density at radius 3 is 2.89 bits per heavy atom. The number of hydrogen-bond acceptors (Lipinski definition) is 5. The molecule has 0 amide bonds. The van der Waals surface area contributed by atoms with Crippen molar-refractivity contribution in [1.29, 1.82) is 0 Å². The van der Waals surface area contributed by atoms with Gasteiger partial charge in [-0.2, -0.15) is 0 Å². The SMILES string of the molecule is CC(C)NC(CSc1nccs1)(C(=O)O)C1CC1. The Labute approximate surface area is 115 Å². The third kappa shape index (κ3) is 3.05. The van der Waals surface area contributed by atoms with E-state index in [2.05, 4.69) is 10.3 Å². The van der Waals surface area contributed by atoms with Crippen molar-refractivity contribution in [3.63, 3.8) is 0 Å². The van der Waals surface area contributed by atoms with Crippen LogP contribution in [0.3, 0.4) is 0 Å². The molecule has 1 aliphatic carbocycles.